The third-order valence-corrected chi connectivity index (χ3v) is 2.03. The second-order valence-electron chi connectivity index (χ2n) is 3.84. The van der Waals surface area contributed by atoms with Gasteiger partial charge in [0, 0.05) is 0 Å². The monoisotopic (exact) mass is 322 g/mol. The van der Waals surface area contributed by atoms with Crippen LogP contribution in [0.4, 0.5) is 0 Å². The van der Waals surface area contributed by atoms with E-state index in [-0.39, 0.29) is 114 Å². The average Bonchev–Trinajstić information content (AvgIpc) is 2.32. The van der Waals surface area contributed by atoms with E-state index in [2.05, 4.69) is 27.0 Å². The van der Waals surface area contributed by atoms with E-state index in [1.54, 1.807) is 24.3 Å². The standard InChI is InChI=1S/C13H14O2.C3H8.2K/c1-3-6-11(10(2)14)9-12-7-4-5-8-13(12)15;1-3-2;;/h3-8,14-15H,1-2,9H2;3H2,1-2H3;;/q;;2*+1/p-2/b11-6-;;;. The Hall–Kier alpha value is 1.31. The Morgan fingerprint density at radius 2 is 1.70 bits per heavy atom. The Balaban J connectivity index is -0.000000530. The van der Waals surface area contributed by atoms with E-state index in [1.165, 1.54) is 18.6 Å². The molecule has 2 nitrogen and oxygen atoms in total. The second kappa shape index (κ2) is 16.7. The fourth-order valence-electron chi connectivity index (χ4n) is 1.25. The minimum absolute atomic E-state index is 0. The zero-order valence-electron chi connectivity index (χ0n) is 13.1. The molecule has 0 N–H and O–H groups in total. The van der Waals surface area contributed by atoms with Crippen LogP contribution < -0.4 is 113 Å². The molecule has 0 fully saturated rings. The van der Waals surface area contributed by atoms with Gasteiger partial charge in [0.1, 0.15) is 0 Å². The topological polar surface area (TPSA) is 46.1 Å². The van der Waals surface area contributed by atoms with Gasteiger partial charge in [-0.3, -0.25) is 0 Å². The van der Waals surface area contributed by atoms with Gasteiger partial charge in [0.05, 0.1) is 0 Å². The van der Waals surface area contributed by atoms with Gasteiger partial charge in [-0.2, -0.15) is 0 Å². The van der Waals surface area contributed by atoms with Crippen molar-refractivity contribution in [2.45, 2.75) is 26.7 Å². The van der Waals surface area contributed by atoms with Crippen molar-refractivity contribution < 1.29 is 113 Å². The molecule has 0 atom stereocenters. The second-order valence-corrected chi connectivity index (χ2v) is 3.84. The summed E-state index contributed by atoms with van der Waals surface area (Å²) in [6.07, 6.45) is 4.67. The first-order chi connectivity index (χ1) is 8.56. The maximum absolute atomic E-state index is 11.4. The summed E-state index contributed by atoms with van der Waals surface area (Å²) in [5.74, 6) is -0.341. The van der Waals surface area contributed by atoms with Crippen LogP contribution in [0, 0.1) is 0 Å². The number of hydrogen-bond acceptors (Lipinski definition) is 2. The fourth-order valence-corrected chi connectivity index (χ4v) is 1.25. The molecule has 0 aliphatic carbocycles. The van der Waals surface area contributed by atoms with E-state index >= 15 is 0 Å². The van der Waals surface area contributed by atoms with Gasteiger partial charge < -0.3 is 10.2 Å². The maximum atomic E-state index is 11.4. The van der Waals surface area contributed by atoms with Gasteiger partial charge in [0.2, 0.25) is 0 Å². The van der Waals surface area contributed by atoms with Crippen molar-refractivity contribution in [1.82, 2.24) is 0 Å². The number of para-hydroxylation sites is 1. The Bertz CT molecular complexity index is 426. The van der Waals surface area contributed by atoms with Crippen LogP contribution in [0.5, 0.6) is 5.75 Å². The van der Waals surface area contributed by atoms with Gasteiger partial charge in [0.25, 0.3) is 0 Å². The molecule has 0 spiro atoms. The van der Waals surface area contributed by atoms with Gasteiger partial charge in [-0.1, -0.05) is 74.4 Å². The molecule has 1 aromatic carbocycles. The number of hydrogen-bond donors (Lipinski definition) is 0. The molecule has 0 aromatic heterocycles. The van der Waals surface area contributed by atoms with Crippen molar-refractivity contribution in [3.05, 3.63) is 66.5 Å². The van der Waals surface area contributed by atoms with E-state index in [0.29, 0.717) is 17.6 Å². The first kappa shape index (κ1) is 26.2. The molecule has 0 saturated heterocycles. The molecule has 1 rings (SSSR count). The van der Waals surface area contributed by atoms with Gasteiger partial charge in [0.15, 0.2) is 0 Å². The molecular formula is C16H20K2O2. The minimum atomic E-state index is -0.279. The van der Waals surface area contributed by atoms with E-state index in [0.717, 1.165) is 0 Å². The number of allylic oxidation sites excluding steroid dienone is 3. The van der Waals surface area contributed by atoms with Crippen molar-refractivity contribution in [3.8, 4) is 5.75 Å². The van der Waals surface area contributed by atoms with Crippen LogP contribution in [0.15, 0.2) is 60.9 Å². The molecule has 0 heterocycles. The Morgan fingerprint density at radius 3 is 2.10 bits per heavy atom. The van der Waals surface area contributed by atoms with Crippen LogP contribution in [0.1, 0.15) is 25.8 Å². The molecule has 0 bridgehead atoms. The molecule has 98 valence electrons. The molecule has 0 aliphatic heterocycles. The number of rotatable bonds is 4. The molecule has 0 saturated carbocycles. The van der Waals surface area contributed by atoms with Crippen LogP contribution in [0.25, 0.3) is 0 Å². The van der Waals surface area contributed by atoms with Gasteiger partial charge in [-0.25, -0.2) is 0 Å². The first-order valence-electron chi connectivity index (χ1n) is 5.99. The van der Waals surface area contributed by atoms with Crippen LogP contribution in [-0.2, 0) is 6.42 Å². The zero-order valence-corrected chi connectivity index (χ0v) is 19.4. The predicted octanol–water partition coefficient (Wildman–Crippen LogP) is -3.29. The molecule has 4 heteroatoms. The van der Waals surface area contributed by atoms with Gasteiger partial charge in [-0.05, 0) is 6.42 Å². The molecular weight excluding hydrogens is 302 g/mol. The summed E-state index contributed by atoms with van der Waals surface area (Å²) < 4.78 is 0. The summed E-state index contributed by atoms with van der Waals surface area (Å²) in [6.45, 7) is 11.1. The first-order valence-corrected chi connectivity index (χ1v) is 5.99. The molecule has 0 aliphatic rings. The Morgan fingerprint density at radius 1 is 1.20 bits per heavy atom. The smallest absolute Gasteiger partial charge is 0.873 e. The summed E-state index contributed by atoms with van der Waals surface area (Å²) in [7, 11) is 0. The third kappa shape index (κ3) is 11.9. The van der Waals surface area contributed by atoms with E-state index < -0.39 is 0 Å². The van der Waals surface area contributed by atoms with Crippen molar-refractivity contribution >= 4 is 0 Å². The van der Waals surface area contributed by atoms with Crippen molar-refractivity contribution in [1.29, 1.82) is 0 Å². The van der Waals surface area contributed by atoms with E-state index in [4.69, 9.17) is 0 Å². The maximum Gasteiger partial charge on any atom is 1.00 e. The molecule has 0 amide bonds. The van der Waals surface area contributed by atoms with Crippen LogP contribution >= 0.6 is 0 Å². The summed E-state index contributed by atoms with van der Waals surface area (Å²) in [5.41, 5.74) is 1.09. The summed E-state index contributed by atoms with van der Waals surface area (Å²) in [6, 6.07) is 6.64. The minimum Gasteiger partial charge on any atom is -0.873 e. The zero-order chi connectivity index (χ0) is 14.0. The summed E-state index contributed by atoms with van der Waals surface area (Å²) in [4.78, 5) is 0. The summed E-state index contributed by atoms with van der Waals surface area (Å²) >= 11 is 0. The van der Waals surface area contributed by atoms with Crippen LogP contribution in [0.3, 0.4) is 0 Å². The predicted molar refractivity (Wildman–Crippen MR) is 73.0 cm³/mol. The largest absolute Gasteiger partial charge is 1.00 e. The molecule has 1 aromatic rings. The third-order valence-electron chi connectivity index (χ3n) is 2.03. The van der Waals surface area contributed by atoms with Crippen molar-refractivity contribution in [2.24, 2.45) is 0 Å². The normalized spacial score (nSPS) is 9.20. The van der Waals surface area contributed by atoms with Crippen molar-refractivity contribution in [3.63, 3.8) is 0 Å². The average molecular weight is 323 g/mol. The summed E-state index contributed by atoms with van der Waals surface area (Å²) in [5, 5.41) is 22.5. The molecule has 0 radical (unpaired) electrons. The van der Waals surface area contributed by atoms with Crippen LogP contribution in [-0.4, -0.2) is 0 Å². The van der Waals surface area contributed by atoms with E-state index in [9.17, 15) is 10.2 Å². The van der Waals surface area contributed by atoms with E-state index in [1.807, 2.05) is 0 Å². The van der Waals surface area contributed by atoms with Gasteiger partial charge in [-0.15, -0.1) is 18.1 Å². The Labute approximate surface area is 207 Å². The van der Waals surface area contributed by atoms with Crippen LogP contribution in [0.2, 0.25) is 0 Å². The molecule has 0 unspecified atom stereocenters. The number of benzene rings is 1. The Kier molecular flexibility index (Phi) is 21.9. The van der Waals surface area contributed by atoms with Gasteiger partial charge >= 0.3 is 103 Å². The molecule has 20 heavy (non-hydrogen) atoms. The van der Waals surface area contributed by atoms with Crippen molar-refractivity contribution in [2.75, 3.05) is 0 Å². The fraction of sp³-hybridized carbons (Fsp3) is 0.250. The SMILES string of the molecule is C=C/C=C(/Cc1ccccc1[O-])C(=C)[O-].CCC.[K+].[K+]. The quantitative estimate of drug-likeness (QED) is 0.331.